The predicted molar refractivity (Wildman–Crippen MR) is 89.1 cm³/mol. The van der Waals surface area contributed by atoms with Crippen LogP contribution in [-0.4, -0.2) is 22.8 Å². The third-order valence-corrected chi connectivity index (χ3v) is 3.56. The fraction of sp³-hybridized carbons (Fsp3) is 0.278. The Morgan fingerprint density at radius 3 is 2.43 bits per heavy atom. The van der Waals surface area contributed by atoms with Crippen molar-refractivity contribution < 1.29 is 9.59 Å². The topological polar surface area (TPSA) is 71.1 Å². The van der Waals surface area contributed by atoms with E-state index in [9.17, 15) is 9.59 Å². The minimum Gasteiger partial charge on any atom is -0.350 e. The molecule has 120 valence electrons. The molecule has 0 spiro atoms. The average molecular weight is 311 g/mol. The van der Waals surface area contributed by atoms with E-state index in [1.807, 2.05) is 26.0 Å². The second-order valence-electron chi connectivity index (χ2n) is 5.38. The van der Waals surface area contributed by atoms with Gasteiger partial charge in [0.1, 0.15) is 5.69 Å². The van der Waals surface area contributed by atoms with E-state index in [1.165, 1.54) is 0 Å². The van der Waals surface area contributed by atoms with E-state index in [4.69, 9.17) is 0 Å². The molecular formula is C18H21N3O2. The summed E-state index contributed by atoms with van der Waals surface area (Å²) in [6, 6.07) is 12.6. The molecule has 5 heteroatoms. The molecule has 0 saturated heterocycles. The molecular weight excluding hydrogens is 290 g/mol. The maximum atomic E-state index is 12.0. The van der Waals surface area contributed by atoms with E-state index in [1.54, 1.807) is 36.5 Å². The van der Waals surface area contributed by atoms with Crippen molar-refractivity contribution in [3.8, 4) is 0 Å². The molecule has 0 aliphatic heterocycles. The lowest BCUT2D eigenvalue weighted by molar-refractivity contribution is 0.0932. The van der Waals surface area contributed by atoms with Crippen LogP contribution in [0, 0.1) is 0 Å². The number of hydrogen-bond donors (Lipinski definition) is 2. The third-order valence-electron chi connectivity index (χ3n) is 3.56. The molecule has 2 N–H and O–H groups in total. The summed E-state index contributed by atoms with van der Waals surface area (Å²) in [5.74, 6) is -0.299. The van der Waals surface area contributed by atoms with Gasteiger partial charge in [-0.15, -0.1) is 0 Å². The standard InChI is InChI=1S/C18H21N3O2/c1-3-13(2)21-17(22)15-9-7-14(8-10-15)12-20-18(23)16-6-4-5-11-19-16/h4-11,13H,3,12H2,1-2H3,(H,20,23)(H,21,22). The lowest BCUT2D eigenvalue weighted by atomic mass is 10.1. The highest BCUT2D eigenvalue weighted by atomic mass is 16.2. The van der Waals surface area contributed by atoms with Crippen LogP contribution in [0.2, 0.25) is 0 Å². The van der Waals surface area contributed by atoms with Crippen LogP contribution in [0.25, 0.3) is 0 Å². The summed E-state index contributed by atoms with van der Waals surface area (Å²) in [5.41, 5.74) is 1.93. The van der Waals surface area contributed by atoms with Crippen molar-refractivity contribution >= 4 is 11.8 Å². The molecule has 2 amide bonds. The summed E-state index contributed by atoms with van der Waals surface area (Å²) < 4.78 is 0. The van der Waals surface area contributed by atoms with Gasteiger partial charge >= 0.3 is 0 Å². The first-order valence-electron chi connectivity index (χ1n) is 7.69. The zero-order chi connectivity index (χ0) is 16.7. The van der Waals surface area contributed by atoms with Gasteiger partial charge in [-0.1, -0.05) is 25.1 Å². The van der Waals surface area contributed by atoms with Crippen molar-refractivity contribution in [3.63, 3.8) is 0 Å². The smallest absolute Gasteiger partial charge is 0.270 e. The summed E-state index contributed by atoms with van der Waals surface area (Å²) in [4.78, 5) is 27.9. The summed E-state index contributed by atoms with van der Waals surface area (Å²) in [6.07, 6.45) is 2.48. The number of nitrogens with one attached hydrogen (secondary N) is 2. The Kier molecular flexibility index (Phi) is 5.86. The highest BCUT2D eigenvalue weighted by Gasteiger charge is 2.09. The predicted octanol–water partition coefficient (Wildman–Crippen LogP) is 2.54. The van der Waals surface area contributed by atoms with Crippen LogP contribution in [0.1, 0.15) is 46.7 Å². The van der Waals surface area contributed by atoms with E-state index >= 15 is 0 Å². The molecule has 2 rings (SSSR count). The first-order chi connectivity index (χ1) is 11.1. The van der Waals surface area contributed by atoms with E-state index in [0.717, 1.165) is 12.0 Å². The van der Waals surface area contributed by atoms with Gasteiger partial charge in [-0.05, 0) is 43.2 Å². The van der Waals surface area contributed by atoms with E-state index in [-0.39, 0.29) is 17.9 Å². The van der Waals surface area contributed by atoms with Crippen molar-refractivity contribution in [1.82, 2.24) is 15.6 Å². The van der Waals surface area contributed by atoms with Crippen LogP contribution >= 0.6 is 0 Å². The van der Waals surface area contributed by atoms with Gasteiger partial charge in [0, 0.05) is 24.3 Å². The second-order valence-corrected chi connectivity index (χ2v) is 5.38. The van der Waals surface area contributed by atoms with Crippen molar-refractivity contribution in [2.75, 3.05) is 0 Å². The second kappa shape index (κ2) is 8.08. The summed E-state index contributed by atoms with van der Waals surface area (Å²) in [6.45, 7) is 4.39. The van der Waals surface area contributed by atoms with Crippen molar-refractivity contribution in [2.24, 2.45) is 0 Å². The van der Waals surface area contributed by atoms with Crippen molar-refractivity contribution in [1.29, 1.82) is 0 Å². The molecule has 0 saturated carbocycles. The van der Waals surface area contributed by atoms with Gasteiger partial charge in [0.15, 0.2) is 0 Å². The molecule has 1 unspecified atom stereocenters. The molecule has 0 aliphatic carbocycles. The molecule has 1 atom stereocenters. The monoisotopic (exact) mass is 311 g/mol. The number of pyridine rings is 1. The van der Waals surface area contributed by atoms with Crippen LogP contribution in [-0.2, 0) is 6.54 Å². The highest BCUT2D eigenvalue weighted by molar-refractivity contribution is 5.94. The fourth-order valence-electron chi connectivity index (χ4n) is 1.95. The van der Waals surface area contributed by atoms with Crippen LogP contribution in [0.4, 0.5) is 0 Å². The molecule has 0 aliphatic rings. The molecule has 1 aromatic heterocycles. The minimum absolute atomic E-state index is 0.0802. The quantitative estimate of drug-likeness (QED) is 0.861. The van der Waals surface area contributed by atoms with E-state index in [0.29, 0.717) is 17.8 Å². The van der Waals surface area contributed by atoms with E-state index < -0.39 is 0 Å². The van der Waals surface area contributed by atoms with E-state index in [2.05, 4.69) is 15.6 Å². The summed E-state index contributed by atoms with van der Waals surface area (Å²) in [7, 11) is 0. The first kappa shape index (κ1) is 16.7. The lowest BCUT2D eigenvalue weighted by Crippen LogP contribution is -2.31. The van der Waals surface area contributed by atoms with Gasteiger partial charge < -0.3 is 10.6 Å². The summed E-state index contributed by atoms with van der Waals surface area (Å²) in [5, 5.41) is 5.72. The average Bonchev–Trinajstić information content (AvgIpc) is 2.60. The number of rotatable bonds is 6. The largest absolute Gasteiger partial charge is 0.350 e. The van der Waals surface area contributed by atoms with Gasteiger partial charge in [0.05, 0.1) is 0 Å². The molecule has 0 radical (unpaired) electrons. The number of carbonyl (C=O) groups is 2. The number of nitrogens with zero attached hydrogens (tertiary/aromatic N) is 1. The normalized spacial score (nSPS) is 11.6. The Balaban J connectivity index is 1.90. The Labute approximate surface area is 136 Å². The van der Waals surface area contributed by atoms with Crippen LogP contribution in [0.5, 0.6) is 0 Å². The Morgan fingerprint density at radius 1 is 1.09 bits per heavy atom. The van der Waals surface area contributed by atoms with Crippen molar-refractivity contribution in [2.45, 2.75) is 32.9 Å². The molecule has 1 aromatic carbocycles. The molecule has 23 heavy (non-hydrogen) atoms. The number of carbonyl (C=O) groups excluding carboxylic acids is 2. The molecule has 5 nitrogen and oxygen atoms in total. The third kappa shape index (κ3) is 4.92. The number of aromatic nitrogens is 1. The van der Waals surface area contributed by atoms with Gasteiger partial charge in [-0.2, -0.15) is 0 Å². The minimum atomic E-state index is -0.218. The molecule has 0 bridgehead atoms. The maximum Gasteiger partial charge on any atom is 0.270 e. The fourth-order valence-corrected chi connectivity index (χ4v) is 1.95. The number of hydrogen-bond acceptors (Lipinski definition) is 3. The highest BCUT2D eigenvalue weighted by Crippen LogP contribution is 2.06. The maximum absolute atomic E-state index is 12.0. The first-order valence-corrected chi connectivity index (χ1v) is 7.69. The lowest BCUT2D eigenvalue weighted by Gasteiger charge is -2.11. The zero-order valence-corrected chi connectivity index (χ0v) is 13.4. The molecule has 2 aromatic rings. The molecule has 1 heterocycles. The zero-order valence-electron chi connectivity index (χ0n) is 13.4. The van der Waals surface area contributed by atoms with Gasteiger partial charge in [0.25, 0.3) is 11.8 Å². The number of amides is 2. The van der Waals surface area contributed by atoms with Crippen LogP contribution < -0.4 is 10.6 Å². The number of benzene rings is 1. The summed E-state index contributed by atoms with van der Waals surface area (Å²) >= 11 is 0. The van der Waals surface area contributed by atoms with Gasteiger partial charge in [-0.25, -0.2) is 0 Å². The Bertz CT molecular complexity index is 654. The van der Waals surface area contributed by atoms with Gasteiger partial charge in [0.2, 0.25) is 0 Å². The molecule has 0 fully saturated rings. The van der Waals surface area contributed by atoms with Crippen LogP contribution in [0.3, 0.4) is 0 Å². The Morgan fingerprint density at radius 2 is 1.83 bits per heavy atom. The van der Waals surface area contributed by atoms with Crippen molar-refractivity contribution in [3.05, 3.63) is 65.5 Å². The SMILES string of the molecule is CCC(C)NC(=O)c1ccc(CNC(=O)c2ccccn2)cc1. The van der Waals surface area contributed by atoms with Gasteiger partial charge in [-0.3, -0.25) is 14.6 Å². The van der Waals surface area contributed by atoms with Crippen LogP contribution in [0.15, 0.2) is 48.7 Å². The Hall–Kier alpha value is -2.69.